The van der Waals surface area contributed by atoms with Gasteiger partial charge in [-0.3, -0.25) is 0 Å². The molecule has 21 heavy (non-hydrogen) atoms. The van der Waals surface area contributed by atoms with E-state index >= 15 is 0 Å². The molecule has 0 saturated carbocycles. The highest BCUT2D eigenvalue weighted by atomic mass is 19.1. The fraction of sp³-hybridized carbons (Fsp3) is 0.267. The van der Waals surface area contributed by atoms with Gasteiger partial charge in [0, 0.05) is 12.6 Å². The number of aromatic nitrogens is 1. The van der Waals surface area contributed by atoms with Crippen molar-refractivity contribution in [2.24, 2.45) is 0 Å². The number of rotatable bonds is 6. The van der Waals surface area contributed by atoms with Gasteiger partial charge in [-0.1, -0.05) is 30.3 Å². The Bertz CT molecular complexity index is 593. The summed E-state index contributed by atoms with van der Waals surface area (Å²) in [5.41, 5.74) is 0.788. The number of aliphatic hydroxyl groups excluding tert-OH is 1. The lowest BCUT2D eigenvalue weighted by atomic mass is 10.1. The fourth-order valence-electron chi connectivity index (χ4n) is 1.94. The third-order valence-corrected chi connectivity index (χ3v) is 2.97. The summed E-state index contributed by atoms with van der Waals surface area (Å²) < 4.78 is 27.3. The summed E-state index contributed by atoms with van der Waals surface area (Å²) in [6.07, 6.45) is 0. The van der Waals surface area contributed by atoms with Crippen molar-refractivity contribution >= 4 is 11.6 Å². The zero-order valence-electron chi connectivity index (χ0n) is 11.6. The summed E-state index contributed by atoms with van der Waals surface area (Å²) in [6.45, 7) is 2.02. The molecule has 0 aliphatic carbocycles. The average molecular weight is 293 g/mol. The molecule has 0 radical (unpaired) electrons. The van der Waals surface area contributed by atoms with Crippen molar-refractivity contribution in [3.8, 4) is 0 Å². The number of nitrogens with one attached hydrogen (secondary N) is 2. The molecular formula is C15H17F2N3O. The molecule has 0 fully saturated rings. The SMILES string of the molecule is CCNc1nc(NC(CO)c2ccccc2)c(F)cc1F. The summed E-state index contributed by atoms with van der Waals surface area (Å²) in [4.78, 5) is 3.89. The van der Waals surface area contributed by atoms with Gasteiger partial charge in [0.1, 0.15) is 0 Å². The van der Waals surface area contributed by atoms with Crippen molar-refractivity contribution < 1.29 is 13.9 Å². The molecule has 0 saturated heterocycles. The number of nitrogens with zero attached hydrogens (tertiary/aromatic N) is 1. The molecule has 0 bridgehead atoms. The summed E-state index contributed by atoms with van der Waals surface area (Å²) in [5.74, 6) is -1.68. The number of anilines is 2. The standard InChI is InChI=1S/C15H17F2N3O/c1-2-18-14-11(16)8-12(17)15(20-14)19-13(9-21)10-6-4-3-5-7-10/h3-8,13,21H,2,9H2,1H3,(H2,18,19,20). The van der Waals surface area contributed by atoms with E-state index < -0.39 is 17.7 Å². The van der Waals surface area contributed by atoms with Crippen LogP contribution in [-0.4, -0.2) is 23.2 Å². The predicted molar refractivity (Wildman–Crippen MR) is 78.2 cm³/mol. The fourth-order valence-corrected chi connectivity index (χ4v) is 1.94. The number of benzene rings is 1. The normalized spacial score (nSPS) is 12.0. The van der Waals surface area contributed by atoms with E-state index in [1.54, 1.807) is 19.1 Å². The van der Waals surface area contributed by atoms with E-state index in [9.17, 15) is 13.9 Å². The highest BCUT2D eigenvalue weighted by Crippen LogP contribution is 2.23. The Morgan fingerprint density at radius 1 is 1.14 bits per heavy atom. The van der Waals surface area contributed by atoms with Gasteiger partial charge in [-0.15, -0.1) is 0 Å². The van der Waals surface area contributed by atoms with Gasteiger partial charge in [0.2, 0.25) is 0 Å². The summed E-state index contributed by atoms with van der Waals surface area (Å²) in [7, 11) is 0. The maximum Gasteiger partial charge on any atom is 0.168 e. The summed E-state index contributed by atoms with van der Waals surface area (Å²) >= 11 is 0. The second-order valence-electron chi connectivity index (χ2n) is 4.47. The van der Waals surface area contributed by atoms with Gasteiger partial charge >= 0.3 is 0 Å². The van der Waals surface area contributed by atoms with Crippen molar-refractivity contribution in [1.29, 1.82) is 0 Å². The number of halogens is 2. The maximum absolute atomic E-state index is 13.8. The van der Waals surface area contributed by atoms with E-state index in [2.05, 4.69) is 15.6 Å². The highest BCUT2D eigenvalue weighted by Gasteiger charge is 2.16. The van der Waals surface area contributed by atoms with Gasteiger partial charge in [0.15, 0.2) is 23.3 Å². The van der Waals surface area contributed by atoms with Crippen LogP contribution in [0.2, 0.25) is 0 Å². The Morgan fingerprint density at radius 2 is 1.81 bits per heavy atom. The van der Waals surface area contributed by atoms with Gasteiger partial charge < -0.3 is 15.7 Å². The van der Waals surface area contributed by atoms with Gasteiger partial charge in [-0.25, -0.2) is 13.8 Å². The first-order valence-electron chi connectivity index (χ1n) is 6.68. The molecule has 4 nitrogen and oxygen atoms in total. The molecule has 2 aromatic rings. The Morgan fingerprint density at radius 3 is 2.43 bits per heavy atom. The van der Waals surface area contributed by atoms with Crippen molar-refractivity contribution in [2.45, 2.75) is 13.0 Å². The minimum absolute atomic E-state index is 0.0221. The smallest absolute Gasteiger partial charge is 0.168 e. The molecule has 1 heterocycles. The van der Waals surface area contributed by atoms with E-state index in [4.69, 9.17) is 0 Å². The molecule has 0 spiro atoms. The third-order valence-electron chi connectivity index (χ3n) is 2.97. The molecule has 3 N–H and O–H groups in total. The van der Waals surface area contributed by atoms with Crippen LogP contribution in [0.5, 0.6) is 0 Å². The quantitative estimate of drug-likeness (QED) is 0.766. The topological polar surface area (TPSA) is 57.2 Å². The molecule has 0 amide bonds. The lowest BCUT2D eigenvalue weighted by Crippen LogP contribution is -2.17. The van der Waals surface area contributed by atoms with Crippen LogP contribution in [0.4, 0.5) is 20.4 Å². The molecule has 2 rings (SSSR count). The van der Waals surface area contributed by atoms with Crippen LogP contribution < -0.4 is 10.6 Å². The molecule has 1 aromatic heterocycles. The first kappa shape index (κ1) is 15.2. The zero-order chi connectivity index (χ0) is 15.2. The zero-order valence-corrected chi connectivity index (χ0v) is 11.6. The Hall–Kier alpha value is -2.21. The van der Waals surface area contributed by atoms with Crippen molar-refractivity contribution in [2.75, 3.05) is 23.8 Å². The second kappa shape index (κ2) is 6.99. The molecular weight excluding hydrogens is 276 g/mol. The van der Waals surface area contributed by atoms with Crippen LogP contribution in [-0.2, 0) is 0 Å². The molecule has 1 unspecified atom stereocenters. The third kappa shape index (κ3) is 3.66. The van der Waals surface area contributed by atoms with Gasteiger partial charge in [0.25, 0.3) is 0 Å². The first-order chi connectivity index (χ1) is 10.2. The summed E-state index contributed by atoms with van der Waals surface area (Å²) in [5, 5.41) is 15.0. The van der Waals surface area contributed by atoms with E-state index in [0.29, 0.717) is 6.54 Å². The van der Waals surface area contributed by atoms with Crippen LogP contribution in [0.3, 0.4) is 0 Å². The van der Waals surface area contributed by atoms with Gasteiger partial charge in [-0.05, 0) is 12.5 Å². The predicted octanol–water partition coefficient (Wildman–Crippen LogP) is 2.94. The lowest BCUT2D eigenvalue weighted by Gasteiger charge is -2.18. The van der Waals surface area contributed by atoms with Crippen LogP contribution >= 0.6 is 0 Å². The Labute approximate surface area is 121 Å². The molecule has 112 valence electrons. The van der Waals surface area contributed by atoms with Crippen molar-refractivity contribution in [3.63, 3.8) is 0 Å². The molecule has 6 heteroatoms. The number of pyridine rings is 1. The van der Waals surface area contributed by atoms with E-state index in [0.717, 1.165) is 11.6 Å². The van der Waals surface area contributed by atoms with Gasteiger partial charge in [0.05, 0.1) is 12.6 Å². The average Bonchev–Trinajstić information content (AvgIpc) is 2.50. The minimum Gasteiger partial charge on any atom is -0.394 e. The second-order valence-corrected chi connectivity index (χ2v) is 4.47. The van der Waals surface area contributed by atoms with Crippen molar-refractivity contribution in [3.05, 3.63) is 53.6 Å². The minimum atomic E-state index is -0.802. The highest BCUT2D eigenvalue weighted by molar-refractivity contribution is 5.48. The molecule has 0 aliphatic rings. The molecule has 0 aliphatic heterocycles. The van der Waals surface area contributed by atoms with E-state index in [1.807, 2.05) is 18.2 Å². The first-order valence-corrected chi connectivity index (χ1v) is 6.68. The van der Waals surface area contributed by atoms with Crippen molar-refractivity contribution in [1.82, 2.24) is 4.98 Å². The maximum atomic E-state index is 13.8. The van der Waals surface area contributed by atoms with E-state index in [1.165, 1.54) is 0 Å². The van der Waals surface area contributed by atoms with Crippen LogP contribution in [0, 0.1) is 11.6 Å². The Balaban J connectivity index is 2.27. The van der Waals surface area contributed by atoms with Crippen LogP contribution in [0.25, 0.3) is 0 Å². The lowest BCUT2D eigenvalue weighted by molar-refractivity contribution is 0.276. The molecule has 1 atom stereocenters. The van der Waals surface area contributed by atoms with E-state index in [-0.39, 0.29) is 18.2 Å². The number of hydrogen-bond donors (Lipinski definition) is 3. The number of aliphatic hydroxyl groups is 1. The number of hydrogen-bond acceptors (Lipinski definition) is 4. The monoisotopic (exact) mass is 293 g/mol. The van der Waals surface area contributed by atoms with Crippen LogP contribution in [0.15, 0.2) is 36.4 Å². The molecule has 1 aromatic carbocycles. The van der Waals surface area contributed by atoms with Gasteiger partial charge in [-0.2, -0.15) is 0 Å². The largest absolute Gasteiger partial charge is 0.394 e. The Kier molecular flexibility index (Phi) is 5.05. The summed E-state index contributed by atoms with van der Waals surface area (Å²) in [6, 6.07) is 9.34. The van der Waals surface area contributed by atoms with Crippen LogP contribution in [0.1, 0.15) is 18.5 Å².